The van der Waals surface area contributed by atoms with Crippen LogP contribution in [0.5, 0.6) is 0 Å². The summed E-state index contributed by atoms with van der Waals surface area (Å²) in [5.74, 6) is -0.744. The third-order valence-electron chi connectivity index (χ3n) is 6.76. The zero-order valence-corrected chi connectivity index (χ0v) is 23.9. The van der Waals surface area contributed by atoms with Crippen LogP contribution < -0.4 is 9.62 Å². The molecule has 202 valence electrons. The first-order chi connectivity index (χ1) is 17.5. The molecule has 10 heteroatoms. The zero-order valence-electron chi connectivity index (χ0n) is 21.5. The molecule has 1 fully saturated rings. The molecule has 1 N–H and O–H groups in total. The number of rotatable bonds is 10. The van der Waals surface area contributed by atoms with E-state index in [4.69, 9.17) is 23.2 Å². The van der Waals surface area contributed by atoms with E-state index in [1.54, 1.807) is 30.3 Å². The number of sulfonamides is 1. The predicted molar refractivity (Wildman–Crippen MR) is 149 cm³/mol. The third-order valence-corrected chi connectivity index (χ3v) is 8.68. The second kappa shape index (κ2) is 13.0. The fourth-order valence-corrected chi connectivity index (χ4v) is 5.84. The summed E-state index contributed by atoms with van der Waals surface area (Å²) in [7, 11) is -3.83. The summed E-state index contributed by atoms with van der Waals surface area (Å²) in [5, 5.41) is 3.98. The number of carbonyl (C=O) groups excluding carboxylic acids is 2. The van der Waals surface area contributed by atoms with Gasteiger partial charge >= 0.3 is 0 Å². The topological polar surface area (TPSA) is 86.8 Å². The second-order valence-electron chi connectivity index (χ2n) is 9.58. The van der Waals surface area contributed by atoms with Crippen molar-refractivity contribution in [1.82, 2.24) is 10.2 Å². The Morgan fingerprint density at radius 1 is 1.05 bits per heavy atom. The van der Waals surface area contributed by atoms with Crippen molar-refractivity contribution >= 4 is 50.7 Å². The van der Waals surface area contributed by atoms with Crippen molar-refractivity contribution in [3.63, 3.8) is 0 Å². The molecule has 7 nitrogen and oxygen atoms in total. The van der Waals surface area contributed by atoms with Crippen molar-refractivity contribution in [3.8, 4) is 0 Å². The summed E-state index contributed by atoms with van der Waals surface area (Å²) in [4.78, 5) is 28.7. The molecule has 37 heavy (non-hydrogen) atoms. The van der Waals surface area contributed by atoms with Gasteiger partial charge in [0.1, 0.15) is 12.6 Å². The maximum Gasteiger partial charge on any atom is 0.244 e. The molecule has 1 aliphatic rings. The summed E-state index contributed by atoms with van der Waals surface area (Å²) in [6, 6.07) is 11.2. The lowest BCUT2D eigenvalue weighted by molar-refractivity contribution is -0.140. The van der Waals surface area contributed by atoms with E-state index in [0.29, 0.717) is 22.0 Å². The van der Waals surface area contributed by atoms with Gasteiger partial charge in [0.2, 0.25) is 21.8 Å². The average Bonchev–Trinajstić information content (AvgIpc) is 2.85. The Morgan fingerprint density at radius 3 is 2.32 bits per heavy atom. The molecule has 0 aliphatic heterocycles. The first-order valence-electron chi connectivity index (χ1n) is 12.6. The quantitative estimate of drug-likeness (QED) is 0.420. The number of amides is 2. The molecule has 3 rings (SSSR count). The maximum absolute atomic E-state index is 13.8. The van der Waals surface area contributed by atoms with Crippen LogP contribution in [0.4, 0.5) is 5.69 Å². The van der Waals surface area contributed by atoms with Gasteiger partial charge in [0.15, 0.2) is 0 Å². The molecular weight excluding hydrogens is 533 g/mol. The first kappa shape index (κ1) is 29.3. The van der Waals surface area contributed by atoms with Crippen molar-refractivity contribution in [2.24, 2.45) is 0 Å². The summed E-state index contributed by atoms with van der Waals surface area (Å²) in [6.07, 6.45) is 6.51. The minimum atomic E-state index is -3.83. The number of halogens is 2. The van der Waals surface area contributed by atoms with Gasteiger partial charge in [0.05, 0.1) is 11.9 Å². The van der Waals surface area contributed by atoms with Crippen molar-refractivity contribution in [2.45, 2.75) is 71.0 Å². The first-order valence-corrected chi connectivity index (χ1v) is 15.2. The maximum atomic E-state index is 13.8. The Labute approximate surface area is 230 Å². The van der Waals surface area contributed by atoms with Crippen LogP contribution in [0.25, 0.3) is 0 Å². The smallest absolute Gasteiger partial charge is 0.244 e. The molecule has 0 bridgehead atoms. The lowest BCUT2D eigenvalue weighted by Gasteiger charge is -2.34. The number of nitrogens with zero attached hydrogens (tertiary/aromatic N) is 2. The van der Waals surface area contributed by atoms with E-state index in [1.807, 2.05) is 19.9 Å². The SMILES string of the molecule is CCC(C(=O)NC1CCCCC1)N(Cc1ccccc1Cl)C(=O)CN(c1ccc(C)c(Cl)c1)S(C)(=O)=O. The van der Waals surface area contributed by atoms with E-state index < -0.39 is 28.5 Å². The van der Waals surface area contributed by atoms with E-state index in [2.05, 4.69) is 5.32 Å². The molecular formula is C27H35Cl2N3O4S. The minimum Gasteiger partial charge on any atom is -0.352 e. The van der Waals surface area contributed by atoms with E-state index in [-0.39, 0.29) is 24.2 Å². The number of hydrogen-bond acceptors (Lipinski definition) is 4. The van der Waals surface area contributed by atoms with Crippen LogP contribution in [0.15, 0.2) is 42.5 Å². The van der Waals surface area contributed by atoms with Crippen LogP contribution >= 0.6 is 23.2 Å². The summed E-state index contributed by atoms with van der Waals surface area (Å²) in [5.41, 5.74) is 1.74. The Hall–Kier alpha value is -2.29. The Morgan fingerprint density at radius 2 is 1.73 bits per heavy atom. The van der Waals surface area contributed by atoms with Gasteiger partial charge in [0.25, 0.3) is 0 Å². The van der Waals surface area contributed by atoms with Gasteiger partial charge in [-0.1, -0.05) is 73.7 Å². The molecule has 2 aromatic carbocycles. The molecule has 1 unspecified atom stereocenters. The zero-order chi connectivity index (χ0) is 27.2. The Balaban J connectivity index is 1.93. The summed E-state index contributed by atoms with van der Waals surface area (Å²) < 4.78 is 26.5. The van der Waals surface area contributed by atoms with Gasteiger partial charge in [-0.15, -0.1) is 0 Å². The summed E-state index contributed by atoms with van der Waals surface area (Å²) >= 11 is 12.7. The van der Waals surface area contributed by atoms with Gasteiger partial charge in [-0.05, 0) is 55.5 Å². The van der Waals surface area contributed by atoms with Crippen LogP contribution in [0.1, 0.15) is 56.6 Å². The molecule has 0 heterocycles. The number of carbonyl (C=O) groups is 2. The largest absolute Gasteiger partial charge is 0.352 e. The van der Waals surface area contributed by atoms with E-state index in [9.17, 15) is 18.0 Å². The fourth-order valence-electron chi connectivity index (χ4n) is 4.62. The second-order valence-corrected chi connectivity index (χ2v) is 12.3. The lowest BCUT2D eigenvalue weighted by Crippen LogP contribution is -2.54. The highest BCUT2D eigenvalue weighted by molar-refractivity contribution is 7.92. The lowest BCUT2D eigenvalue weighted by atomic mass is 9.95. The molecule has 1 saturated carbocycles. The highest BCUT2D eigenvalue weighted by Crippen LogP contribution is 2.26. The number of nitrogens with one attached hydrogen (secondary N) is 1. The van der Waals surface area contributed by atoms with Crippen molar-refractivity contribution < 1.29 is 18.0 Å². The van der Waals surface area contributed by atoms with Crippen LogP contribution in [0, 0.1) is 6.92 Å². The van der Waals surface area contributed by atoms with Crippen molar-refractivity contribution in [2.75, 3.05) is 17.1 Å². The molecule has 0 radical (unpaired) electrons. The Bertz CT molecular complexity index is 1220. The molecule has 0 aromatic heterocycles. The predicted octanol–water partition coefficient (Wildman–Crippen LogP) is 5.32. The molecule has 1 atom stereocenters. The number of benzene rings is 2. The van der Waals surface area contributed by atoms with E-state index in [1.165, 1.54) is 11.0 Å². The molecule has 2 aromatic rings. The van der Waals surface area contributed by atoms with Crippen molar-refractivity contribution in [3.05, 3.63) is 63.6 Å². The molecule has 0 saturated heterocycles. The molecule has 0 spiro atoms. The molecule has 2 amide bonds. The van der Waals surface area contributed by atoms with Crippen LogP contribution in [0.2, 0.25) is 10.0 Å². The van der Waals surface area contributed by atoms with Crippen LogP contribution in [-0.2, 0) is 26.2 Å². The normalized spacial score (nSPS) is 15.2. The van der Waals surface area contributed by atoms with E-state index >= 15 is 0 Å². The molecule has 1 aliphatic carbocycles. The van der Waals surface area contributed by atoms with Gasteiger partial charge in [0, 0.05) is 22.6 Å². The van der Waals surface area contributed by atoms with Gasteiger partial charge in [-0.3, -0.25) is 13.9 Å². The average molecular weight is 569 g/mol. The van der Waals surface area contributed by atoms with Gasteiger partial charge in [-0.2, -0.15) is 0 Å². The number of hydrogen-bond donors (Lipinski definition) is 1. The highest BCUT2D eigenvalue weighted by atomic mass is 35.5. The minimum absolute atomic E-state index is 0.0708. The number of aryl methyl sites for hydroxylation is 1. The van der Waals surface area contributed by atoms with Crippen molar-refractivity contribution in [1.29, 1.82) is 0 Å². The van der Waals surface area contributed by atoms with Gasteiger partial charge in [-0.25, -0.2) is 8.42 Å². The standard InChI is InChI=1S/C27H35Cl2N3O4S/c1-4-25(27(34)30-21-11-6-5-7-12-21)31(17-20-10-8-9-13-23(20)28)26(33)18-32(37(3,35)36)22-15-14-19(2)24(29)16-22/h8-10,13-16,21,25H,4-7,11-12,17-18H2,1-3H3,(H,30,34). The number of anilines is 1. The van der Waals surface area contributed by atoms with Crippen LogP contribution in [0.3, 0.4) is 0 Å². The monoisotopic (exact) mass is 567 g/mol. The van der Waals surface area contributed by atoms with Gasteiger partial charge < -0.3 is 10.2 Å². The summed E-state index contributed by atoms with van der Waals surface area (Å²) in [6.45, 7) is 3.24. The van der Waals surface area contributed by atoms with E-state index in [0.717, 1.165) is 48.2 Å². The fraction of sp³-hybridized carbons (Fsp3) is 0.481. The highest BCUT2D eigenvalue weighted by Gasteiger charge is 2.33. The Kier molecular flexibility index (Phi) is 10.3. The third kappa shape index (κ3) is 7.85. The van der Waals surface area contributed by atoms with Crippen LogP contribution in [-0.4, -0.2) is 50.0 Å².